The van der Waals surface area contributed by atoms with E-state index in [0.29, 0.717) is 18.1 Å². The van der Waals surface area contributed by atoms with Gasteiger partial charge >= 0.3 is 6.09 Å². The van der Waals surface area contributed by atoms with Gasteiger partial charge in [-0.1, -0.05) is 55.8 Å². The van der Waals surface area contributed by atoms with Gasteiger partial charge in [0.1, 0.15) is 12.2 Å². The molecule has 0 radical (unpaired) electrons. The Morgan fingerprint density at radius 1 is 1.16 bits per heavy atom. The minimum atomic E-state index is -1.10. The number of rotatable bonds is 9. The number of unbranched alkanes of at least 4 members (excludes halogenated alkanes) is 1. The maximum absolute atomic E-state index is 11.3. The summed E-state index contributed by atoms with van der Waals surface area (Å²) in [5.74, 6) is 1.02. The van der Waals surface area contributed by atoms with Gasteiger partial charge in [0.15, 0.2) is 0 Å². The summed E-state index contributed by atoms with van der Waals surface area (Å²) in [6.07, 6.45) is 3.71. The van der Waals surface area contributed by atoms with E-state index in [4.69, 9.17) is 0 Å². The Labute approximate surface area is 184 Å². The average Bonchev–Trinajstić information content (AvgIpc) is 3.52. The van der Waals surface area contributed by atoms with Crippen LogP contribution in [0, 0.1) is 0 Å². The highest BCUT2D eigenvalue weighted by atomic mass is 16.4. The fraction of sp³-hybridized carbons (Fsp3) is 0.273. The number of aromatic nitrogens is 7. The first-order chi connectivity index (χ1) is 15.7. The second-order valence-electron chi connectivity index (χ2n) is 7.44. The molecule has 0 spiro atoms. The molecule has 1 unspecified atom stereocenters. The Bertz CT molecular complexity index is 1160. The monoisotopic (exact) mass is 432 g/mol. The summed E-state index contributed by atoms with van der Waals surface area (Å²) in [5, 5.41) is 32.9. The van der Waals surface area contributed by atoms with Gasteiger partial charge in [-0.05, 0) is 40.3 Å². The van der Waals surface area contributed by atoms with E-state index in [0.717, 1.165) is 41.5 Å². The van der Waals surface area contributed by atoms with Crippen molar-refractivity contribution < 1.29 is 9.90 Å². The highest BCUT2D eigenvalue weighted by Gasteiger charge is 2.20. The van der Waals surface area contributed by atoms with Crippen molar-refractivity contribution in [2.45, 2.75) is 38.6 Å². The van der Waals surface area contributed by atoms with E-state index in [-0.39, 0.29) is 0 Å². The Balaban J connectivity index is 1.71. The van der Waals surface area contributed by atoms with E-state index >= 15 is 0 Å². The van der Waals surface area contributed by atoms with Crippen LogP contribution in [0.5, 0.6) is 0 Å². The second-order valence-corrected chi connectivity index (χ2v) is 7.44. The van der Waals surface area contributed by atoms with Crippen molar-refractivity contribution in [3.05, 3.63) is 65.7 Å². The molecule has 4 rings (SSSR count). The second kappa shape index (κ2) is 9.82. The van der Waals surface area contributed by atoms with Gasteiger partial charge in [0.2, 0.25) is 5.82 Å². The molecule has 1 atom stereocenters. The van der Waals surface area contributed by atoms with Gasteiger partial charge < -0.3 is 10.4 Å². The van der Waals surface area contributed by atoms with Crippen molar-refractivity contribution in [2.24, 2.45) is 0 Å². The van der Waals surface area contributed by atoms with Crippen LogP contribution in [-0.2, 0) is 12.8 Å². The van der Waals surface area contributed by atoms with Crippen LogP contribution in [0.3, 0.4) is 0 Å². The van der Waals surface area contributed by atoms with E-state index in [9.17, 15) is 9.90 Å². The summed E-state index contributed by atoms with van der Waals surface area (Å²) in [4.78, 5) is 15.5. The van der Waals surface area contributed by atoms with Crippen molar-refractivity contribution in [1.29, 1.82) is 0 Å². The van der Waals surface area contributed by atoms with Crippen LogP contribution in [0.25, 0.3) is 22.5 Å². The van der Waals surface area contributed by atoms with Crippen molar-refractivity contribution in [1.82, 2.24) is 41.1 Å². The highest BCUT2D eigenvalue weighted by Crippen LogP contribution is 2.32. The molecule has 2 heterocycles. The van der Waals surface area contributed by atoms with Crippen LogP contribution >= 0.6 is 0 Å². The maximum Gasteiger partial charge on any atom is 0.405 e. The number of benzene rings is 2. The van der Waals surface area contributed by atoms with Crippen molar-refractivity contribution in [2.75, 3.05) is 0 Å². The van der Waals surface area contributed by atoms with E-state index in [1.54, 1.807) is 0 Å². The van der Waals surface area contributed by atoms with Crippen LogP contribution in [0.1, 0.15) is 42.8 Å². The third-order valence-corrected chi connectivity index (χ3v) is 5.32. The van der Waals surface area contributed by atoms with Crippen LogP contribution in [0.2, 0.25) is 0 Å². The summed E-state index contributed by atoms with van der Waals surface area (Å²) in [5.41, 5.74) is 5.18. The van der Waals surface area contributed by atoms with Crippen LogP contribution in [0.15, 0.2) is 48.8 Å². The van der Waals surface area contributed by atoms with Gasteiger partial charge in [-0.15, -0.1) is 10.2 Å². The van der Waals surface area contributed by atoms with Crippen molar-refractivity contribution in [3.63, 3.8) is 0 Å². The van der Waals surface area contributed by atoms with Crippen LogP contribution in [-0.4, -0.2) is 47.0 Å². The van der Waals surface area contributed by atoms with E-state index in [2.05, 4.69) is 60.2 Å². The molecule has 0 aliphatic rings. The number of aromatic amines is 2. The SMILES string of the molecule is CCCCc1cc(-c2ccccc2-c2nn[nH]n2)ccc1CC(NC(=O)O)c1ncn[nH]1. The first kappa shape index (κ1) is 21.2. The summed E-state index contributed by atoms with van der Waals surface area (Å²) >= 11 is 0. The number of nitrogens with zero attached hydrogens (tertiary/aromatic N) is 5. The summed E-state index contributed by atoms with van der Waals surface area (Å²) in [6.45, 7) is 2.15. The minimum absolute atomic E-state index is 0.466. The molecular weight excluding hydrogens is 408 g/mol. The fourth-order valence-corrected chi connectivity index (χ4v) is 3.77. The third-order valence-electron chi connectivity index (χ3n) is 5.32. The molecule has 2 aromatic carbocycles. The first-order valence-corrected chi connectivity index (χ1v) is 10.5. The summed E-state index contributed by atoms with van der Waals surface area (Å²) < 4.78 is 0. The zero-order valence-corrected chi connectivity index (χ0v) is 17.6. The molecule has 0 saturated carbocycles. The lowest BCUT2D eigenvalue weighted by molar-refractivity contribution is 0.189. The molecule has 164 valence electrons. The molecule has 32 heavy (non-hydrogen) atoms. The van der Waals surface area contributed by atoms with Crippen molar-refractivity contribution in [3.8, 4) is 22.5 Å². The predicted octanol–water partition coefficient (Wildman–Crippen LogP) is 3.55. The standard InChI is InChI=1S/C22H24N8O2/c1-2-3-6-14-11-16(17-7-4-5-8-18(17)20-27-29-30-28-20)10-9-15(14)12-19(25-22(31)32)21-23-13-24-26-21/h4-5,7-11,13,19,25H,2-3,6,12H2,1H3,(H,31,32)(H,23,24,26)(H,27,28,29,30). The Morgan fingerprint density at radius 2 is 2.00 bits per heavy atom. The van der Waals surface area contributed by atoms with Gasteiger partial charge in [-0.2, -0.15) is 10.3 Å². The number of H-pyrrole nitrogens is 2. The maximum atomic E-state index is 11.3. The largest absolute Gasteiger partial charge is 0.465 e. The third kappa shape index (κ3) is 4.80. The lowest BCUT2D eigenvalue weighted by Gasteiger charge is -2.18. The lowest BCUT2D eigenvalue weighted by atomic mass is 9.91. The lowest BCUT2D eigenvalue weighted by Crippen LogP contribution is -2.29. The molecule has 0 saturated heterocycles. The number of nitrogens with one attached hydrogen (secondary N) is 3. The average molecular weight is 432 g/mol. The van der Waals surface area contributed by atoms with E-state index in [1.165, 1.54) is 11.9 Å². The van der Waals surface area contributed by atoms with Crippen LogP contribution in [0.4, 0.5) is 4.79 Å². The Hall–Kier alpha value is -4.08. The zero-order valence-electron chi connectivity index (χ0n) is 17.6. The molecule has 0 fully saturated rings. The summed E-state index contributed by atoms with van der Waals surface area (Å²) in [6, 6.07) is 13.7. The number of hydrogen-bond donors (Lipinski definition) is 4. The van der Waals surface area contributed by atoms with Gasteiger partial charge in [0, 0.05) is 12.0 Å². The number of carboxylic acid groups (broad SMARTS) is 1. The molecule has 0 aliphatic heterocycles. The first-order valence-electron chi connectivity index (χ1n) is 10.5. The molecule has 10 nitrogen and oxygen atoms in total. The van der Waals surface area contributed by atoms with Gasteiger partial charge in [-0.25, -0.2) is 9.78 Å². The fourth-order valence-electron chi connectivity index (χ4n) is 3.77. The quantitative estimate of drug-likeness (QED) is 0.316. The topological polar surface area (TPSA) is 145 Å². The van der Waals surface area contributed by atoms with Crippen molar-refractivity contribution >= 4 is 6.09 Å². The molecule has 2 aromatic heterocycles. The number of tetrazole rings is 1. The van der Waals surface area contributed by atoms with Gasteiger partial charge in [0.25, 0.3) is 0 Å². The number of hydrogen-bond acceptors (Lipinski definition) is 6. The molecule has 4 N–H and O–H groups in total. The number of carbonyl (C=O) groups is 1. The van der Waals surface area contributed by atoms with Gasteiger partial charge in [0.05, 0.1) is 6.04 Å². The Kier molecular flexibility index (Phi) is 6.49. The highest BCUT2D eigenvalue weighted by molar-refractivity contribution is 5.80. The molecular formula is C22H24N8O2. The Morgan fingerprint density at radius 3 is 2.69 bits per heavy atom. The zero-order chi connectivity index (χ0) is 22.3. The molecule has 0 bridgehead atoms. The molecule has 1 amide bonds. The van der Waals surface area contributed by atoms with Crippen LogP contribution < -0.4 is 5.32 Å². The van der Waals surface area contributed by atoms with Gasteiger partial charge in [-0.3, -0.25) is 5.10 Å². The number of aryl methyl sites for hydroxylation is 1. The number of amides is 1. The normalized spacial score (nSPS) is 11.9. The van der Waals surface area contributed by atoms with E-state index < -0.39 is 12.1 Å². The minimum Gasteiger partial charge on any atom is -0.465 e. The predicted molar refractivity (Wildman–Crippen MR) is 118 cm³/mol. The molecule has 4 aromatic rings. The smallest absolute Gasteiger partial charge is 0.405 e. The molecule has 10 heteroatoms. The molecule has 0 aliphatic carbocycles. The van der Waals surface area contributed by atoms with E-state index in [1.807, 2.05) is 30.3 Å². The summed E-state index contributed by atoms with van der Waals surface area (Å²) in [7, 11) is 0.